The molecule has 2 aromatic carbocycles. The van der Waals surface area contributed by atoms with Gasteiger partial charge in [0.15, 0.2) is 0 Å². The van der Waals surface area contributed by atoms with Crippen LogP contribution in [0.15, 0.2) is 73.8 Å². The lowest BCUT2D eigenvalue weighted by Crippen LogP contribution is -1.80. The van der Waals surface area contributed by atoms with Crippen LogP contribution in [0.3, 0.4) is 0 Å². The Labute approximate surface area is 129 Å². The van der Waals surface area contributed by atoms with Crippen LogP contribution in [0.2, 0.25) is 0 Å². The number of hydrogen-bond acceptors (Lipinski definition) is 0. The lowest BCUT2D eigenvalue weighted by atomic mass is 10.0. The summed E-state index contributed by atoms with van der Waals surface area (Å²) in [4.78, 5) is 0. The molecule has 0 atom stereocenters. The first kappa shape index (κ1) is 16.7. The van der Waals surface area contributed by atoms with Crippen LogP contribution in [0.25, 0.3) is 17.2 Å². The number of hydrogen-bond donors (Lipinski definition) is 0. The second-order valence-electron chi connectivity index (χ2n) is 5.05. The molecule has 0 N–H and O–H groups in total. The topological polar surface area (TPSA) is 0 Å². The summed E-state index contributed by atoms with van der Waals surface area (Å²) in [6.07, 6.45) is 4.12. The molecular weight excluding hydrogens is 252 g/mol. The minimum Gasteiger partial charge on any atom is -0.0955 e. The molecule has 0 unspecified atom stereocenters. The van der Waals surface area contributed by atoms with E-state index in [0.717, 1.165) is 11.1 Å². The van der Waals surface area contributed by atoms with Crippen molar-refractivity contribution < 1.29 is 0 Å². The molecule has 0 heteroatoms. The molecule has 0 amide bonds. The van der Waals surface area contributed by atoms with E-state index in [0.29, 0.717) is 0 Å². The zero-order valence-corrected chi connectivity index (χ0v) is 13.3. The average Bonchev–Trinajstić information content (AvgIpc) is 2.49. The summed E-state index contributed by atoms with van der Waals surface area (Å²) >= 11 is 0. The summed E-state index contributed by atoms with van der Waals surface area (Å²) < 4.78 is 0. The van der Waals surface area contributed by atoms with E-state index < -0.39 is 0 Å². The van der Waals surface area contributed by atoms with Crippen molar-refractivity contribution >= 4 is 17.2 Å². The molecule has 0 saturated heterocycles. The summed E-state index contributed by atoms with van der Waals surface area (Å²) in [6.45, 7) is 13.8. The molecule has 0 radical (unpaired) electrons. The van der Waals surface area contributed by atoms with Gasteiger partial charge in [0.25, 0.3) is 0 Å². The highest BCUT2D eigenvalue weighted by Crippen LogP contribution is 2.16. The van der Waals surface area contributed by atoms with Gasteiger partial charge in [0.1, 0.15) is 0 Å². The zero-order chi connectivity index (χ0) is 15.7. The van der Waals surface area contributed by atoms with E-state index in [2.05, 4.69) is 55.6 Å². The van der Waals surface area contributed by atoms with Crippen molar-refractivity contribution in [2.75, 3.05) is 0 Å². The van der Waals surface area contributed by atoms with Crippen LogP contribution in [-0.2, 0) is 0 Å². The quantitative estimate of drug-likeness (QED) is 0.602. The van der Waals surface area contributed by atoms with Crippen LogP contribution in [0, 0.1) is 0 Å². The van der Waals surface area contributed by atoms with Crippen LogP contribution in [0.1, 0.15) is 37.5 Å². The molecule has 0 heterocycles. The molecule has 0 nitrogen and oxygen atoms in total. The molecule has 0 spiro atoms. The summed E-state index contributed by atoms with van der Waals surface area (Å²) in [6, 6.07) is 18.6. The standard InChI is InChI=1S/C12H14.C9H10/c1-9(2)11-5-7-12(8-6-11)10(3)4;1-2-6-9-7-4-3-5-8-9/h5-8H,1,3H2,2,4H3;2-8H,1H3. The molecule has 0 aromatic heterocycles. The lowest BCUT2D eigenvalue weighted by Gasteiger charge is -2.02. The molecule has 0 saturated carbocycles. The molecule has 2 aromatic rings. The van der Waals surface area contributed by atoms with Crippen LogP contribution >= 0.6 is 0 Å². The molecule has 0 aliphatic heterocycles. The van der Waals surface area contributed by atoms with Crippen molar-refractivity contribution in [3.05, 3.63) is 90.5 Å². The van der Waals surface area contributed by atoms with E-state index in [1.165, 1.54) is 16.7 Å². The Bertz CT molecular complexity index is 565. The van der Waals surface area contributed by atoms with Crippen molar-refractivity contribution in [3.63, 3.8) is 0 Å². The summed E-state index contributed by atoms with van der Waals surface area (Å²) in [5.41, 5.74) is 5.85. The van der Waals surface area contributed by atoms with Crippen LogP contribution in [-0.4, -0.2) is 0 Å². The van der Waals surface area contributed by atoms with Gasteiger partial charge >= 0.3 is 0 Å². The Morgan fingerprint density at radius 1 is 0.762 bits per heavy atom. The Balaban J connectivity index is 0.000000219. The number of allylic oxidation sites excluding steroid dienone is 3. The van der Waals surface area contributed by atoms with E-state index in [1.807, 2.05) is 45.0 Å². The number of rotatable bonds is 3. The second-order valence-corrected chi connectivity index (χ2v) is 5.05. The van der Waals surface area contributed by atoms with Gasteiger partial charge in [0.05, 0.1) is 0 Å². The minimum absolute atomic E-state index is 1.10. The predicted octanol–water partition coefficient (Wildman–Crippen LogP) is 6.47. The monoisotopic (exact) mass is 276 g/mol. The Morgan fingerprint density at radius 2 is 1.19 bits per heavy atom. The molecule has 0 bridgehead atoms. The highest BCUT2D eigenvalue weighted by Gasteiger charge is 1.94. The zero-order valence-electron chi connectivity index (χ0n) is 13.3. The number of benzene rings is 2. The van der Waals surface area contributed by atoms with Gasteiger partial charge in [0.2, 0.25) is 0 Å². The molecule has 21 heavy (non-hydrogen) atoms. The third kappa shape index (κ3) is 6.09. The normalized spacial score (nSPS) is 9.86. The molecule has 108 valence electrons. The Kier molecular flexibility index (Phi) is 6.97. The van der Waals surface area contributed by atoms with Crippen LogP contribution < -0.4 is 0 Å². The Hall–Kier alpha value is -2.34. The summed E-state index contributed by atoms with van der Waals surface area (Å²) in [7, 11) is 0. The maximum atomic E-state index is 3.88. The van der Waals surface area contributed by atoms with Gasteiger partial charge in [-0.1, -0.05) is 91.1 Å². The minimum atomic E-state index is 1.10. The SMILES string of the molecule is C=C(C)c1ccc(C(=C)C)cc1.CC=Cc1ccccc1. The maximum absolute atomic E-state index is 3.88. The second kappa shape index (κ2) is 8.76. The predicted molar refractivity (Wildman–Crippen MR) is 97.0 cm³/mol. The van der Waals surface area contributed by atoms with Crippen molar-refractivity contribution in [2.24, 2.45) is 0 Å². The summed E-state index contributed by atoms with van der Waals surface area (Å²) in [5, 5.41) is 0. The third-order valence-corrected chi connectivity index (χ3v) is 3.03. The van der Waals surface area contributed by atoms with Gasteiger partial charge in [0, 0.05) is 0 Å². The van der Waals surface area contributed by atoms with Gasteiger partial charge in [-0.25, -0.2) is 0 Å². The fourth-order valence-corrected chi connectivity index (χ4v) is 1.80. The van der Waals surface area contributed by atoms with Gasteiger partial charge in [-0.2, -0.15) is 0 Å². The van der Waals surface area contributed by atoms with Crippen LogP contribution in [0.4, 0.5) is 0 Å². The van der Waals surface area contributed by atoms with E-state index in [9.17, 15) is 0 Å². The largest absolute Gasteiger partial charge is 0.0955 e. The fraction of sp³-hybridized carbons (Fsp3) is 0.143. The Morgan fingerprint density at radius 3 is 1.52 bits per heavy atom. The maximum Gasteiger partial charge on any atom is -0.0233 e. The molecule has 2 rings (SSSR count). The highest BCUT2D eigenvalue weighted by molar-refractivity contribution is 5.66. The molecule has 0 aliphatic carbocycles. The van der Waals surface area contributed by atoms with E-state index >= 15 is 0 Å². The van der Waals surface area contributed by atoms with E-state index in [1.54, 1.807) is 0 Å². The molecule has 0 aliphatic rings. The first-order chi connectivity index (χ1) is 10.0. The average molecular weight is 276 g/mol. The van der Waals surface area contributed by atoms with Crippen molar-refractivity contribution in [1.29, 1.82) is 0 Å². The first-order valence-electron chi connectivity index (χ1n) is 7.14. The lowest BCUT2D eigenvalue weighted by molar-refractivity contribution is 1.53. The van der Waals surface area contributed by atoms with E-state index in [4.69, 9.17) is 0 Å². The van der Waals surface area contributed by atoms with Crippen molar-refractivity contribution in [2.45, 2.75) is 20.8 Å². The smallest absolute Gasteiger partial charge is 0.0233 e. The summed E-state index contributed by atoms with van der Waals surface area (Å²) in [5.74, 6) is 0. The van der Waals surface area contributed by atoms with Gasteiger partial charge in [-0.3, -0.25) is 0 Å². The first-order valence-corrected chi connectivity index (χ1v) is 7.14. The molecular formula is C21H24. The van der Waals surface area contributed by atoms with Gasteiger partial charge in [-0.05, 0) is 37.5 Å². The van der Waals surface area contributed by atoms with Gasteiger partial charge < -0.3 is 0 Å². The van der Waals surface area contributed by atoms with Crippen molar-refractivity contribution in [1.82, 2.24) is 0 Å². The fourth-order valence-electron chi connectivity index (χ4n) is 1.80. The van der Waals surface area contributed by atoms with E-state index in [-0.39, 0.29) is 0 Å². The van der Waals surface area contributed by atoms with Gasteiger partial charge in [-0.15, -0.1) is 0 Å². The van der Waals surface area contributed by atoms with Crippen LogP contribution in [0.5, 0.6) is 0 Å². The third-order valence-electron chi connectivity index (χ3n) is 3.03. The van der Waals surface area contributed by atoms with Crippen molar-refractivity contribution in [3.8, 4) is 0 Å². The highest BCUT2D eigenvalue weighted by atomic mass is 14.0. The molecule has 0 fully saturated rings.